The molecule has 0 bridgehead atoms. The van der Waals surface area contributed by atoms with Crippen LogP contribution in [0.2, 0.25) is 0 Å². The molecule has 1 N–H and O–H groups in total. The largest absolute Gasteiger partial charge is 0.493 e. The third-order valence-electron chi connectivity index (χ3n) is 5.75. The van der Waals surface area contributed by atoms with Crippen LogP contribution in [-0.2, 0) is 0 Å². The quantitative estimate of drug-likeness (QED) is 0.385. The van der Waals surface area contributed by atoms with Gasteiger partial charge in [-0.3, -0.25) is 0 Å². The van der Waals surface area contributed by atoms with Crippen molar-refractivity contribution in [2.45, 2.75) is 33.7 Å². The highest BCUT2D eigenvalue weighted by Crippen LogP contribution is 2.35. The molecule has 1 atom stereocenters. The van der Waals surface area contributed by atoms with Crippen LogP contribution >= 0.6 is 0 Å². The SMILES string of the molecule is COc1cc2nc(C)nc(N[C@H](C)c3cccc(-c4ccc(C)cc4C)c3)c2cc1OC. The van der Waals surface area contributed by atoms with Crippen LogP contribution in [0.15, 0.2) is 54.6 Å². The van der Waals surface area contributed by atoms with Gasteiger partial charge in [0, 0.05) is 17.5 Å². The molecule has 0 aliphatic heterocycles. The van der Waals surface area contributed by atoms with Crippen molar-refractivity contribution >= 4 is 16.7 Å². The molecule has 0 aliphatic rings. The Morgan fingerprint density at radius 2 is 1.59 bits per heavy atom. The van der Waals surface area contributed by atoms with Crippen LogP contribution in [0.25, 0.3) is 22.0 Å². The predicted octanol–water partition coefficient (Wildman–Crippen LogP) is 6.41. The number of benzene rings is 3. The number of anilines is 1. The van der Waals surface area contributed by atoms with Gasteiger partial charge in [-0.1, -0.05) is 42.0 Å². The summed E-state index contributed by atoms with van der Waals surface area (Å²) >= 11 is 0. The smallest absolute Gasteiger partial charge is 0.162 e. The molecule has 0 fully saturated rings. The number of aromatic nitrogens is 2. The molecular formula is C27H29N3O2. The molecule has 0 amide bonds. The summed E-state index contributed by atoms with van der Waals surface area (Å²) in [5.41, 5.74) is 7.02. The molecule has 32 heavy (non-hydrogen) atoms. The molecule has 0 unspecified atom stereocenters. The van der Waals surface area contributed by atoms with Crippen LogP contribution in [-0.4, -0.2) is 24.2 Å². The number of hydrogen-bond acceptors (Lipinski definition) is 5. The van der Waals surface area contributed by atoms with Crippen molar-refractivity contribution in [3.05, 3.63) is 77.1 Å². The number of methoxy groups -OCH3 is 2. The Morgan fingerprint density at radius 3 is 2.31 bits per heavy atom. The molecular weight excluding hydrogens is 398 g/mol. The average Bonchev–Trinajstić information content (AvgIpc) is 2.78. The van der Waals surface area contributed by atoms with Gasteiger partial charge in [-0.15, -0.1) is 0 Å². The van der Waals surface area contributed by atoms with E-state index in [2.05, 4.69) is 78.5 Å². The second-order valence-electron chi connectivity index (χ2n) is 8.15. The van der Waals surface area contributed by atoms with Gasteiger partial charge < -0.3 is 14.8 Å². The number of ether oxygens (including phenoxy) is 2. The Kier molecular flexibility index (Phi) is 5.99. The van der Waals surface area contributed by atoms with E-state index in [-0.39, 0.29) is 6.04 Å². The third kappa shape index (κ3) is 4.24. The molecule has 0 spiro atoms. The van der Waals surface area contributed by atoms with Crippen molar-refractivity contribution in [1.29, 1.82) is 0 Å². The summed E-state index contributed by atoms with van der Waals surface area (Å²) in [4.78, 5) is 9.27. The van der Waals surface area contributed by atoms with E-state index in [0.717, 1.165) is 16.7 Å². The Morgan fingerprint density at radius 1 is 0.844 bits per heavy atom. The highest BCUT2D eigenvalue weighted by Gasteiger charge is 2.15. The molecule has 0 saturated carbocycles. The van der Waals surface area contributed by atoms with Gasteiger partial charge in [-0.05, 0) is 62.1 Å². The first-order valence-electron chi connectivity index (χ1n) is 10.7. The zero-order valence-corrected chi connectivity index (χ0v) is 19.5. The first-order valence-corrected chi connectivity index (χ1v) is 10.7. The number of nitrogens with one attached hydrogen (secondary N) is 1. The van der Waals surface area contributed by atoms with Crippen molar-refractivity contribution in [1.82, 2.24) is 9.97 Å². The van der Waals surface area contributed by atoms with Gasteiger partial charge in [0.1, 0.15) is 11.6 Å². The van der Waals surface area contributed by atoms with Crippen LogP contribution in [0, 0.1) is 20.8 Å². The fourth-order valence-corrected chi connectivity index (χ4v) is 4.08. The standard InChI is InChI=1S/C27H29N3O2/c1-16-10-11-22(17(2)12-16)21-9-7-8-20(13-21)18(3)28-27-23-14-25(31-5)26(32-6)15-24(23)29-19(4)30-27/h7-15,18H,1-6H3,(H,28,29,30)/t18-/m1/s1. The summed E-state index contributed by atoms with van der Waals surface area (Å²) in [6.45, 7) is 8.32. The zero-order chi connectivity index (χ0) is 22.8. The van der Waals surface area contributed by atoms with E-state index in [1.807, 2.05) is 19.1 Å². The molecule has 0 radical (unpaired) electrons. The molecule has 3 aromatic carbocycles. The predicted molar refractivity (Wildman–Crippen MR) is 131 cm³/mol. The maximum absolute atomic E-state index is 5.50. The molecule has 4 rings (SSSR count). The van der Waals surface area contributed by atoms with Gasteiger partial charge in [0.25, 0.3) is 0 Å². The first-order chi connectivity index (χ1) is 15.4. The van der Waals surface area contributed by atoms with E-state index in [1.165, 1.54) is 27.8 Å². The Labute approximate surface area is 189 Å². The lowest BCUT2D eigenvalue weighted by Crippen LogP contribution is -2.10. The lowest BCUT2D eigenvalue weighted by molar-refractivity contribution is 0.356. The maximum atomic E-state index is 5.50. The highest BCUT2D eigenvalue weighted by molar-refractivity contribution is 5.92. The Bertz CT molecular complexity index is 1280. The van der Waals surface area contributed by atoms with Crippen LogP contribution < -0.4 is 14.8 Å². The fourth-order valence-electron chi connectivity index (χ4n) is 4.08. The summed E-state index contributed by atoms with van der Waals surface area (Å²) in [5.74, 6) is 2.78. The molecule has 0 saturated heterocycles. The highest BCUT2D eigenvalue weighted by atomic mass is 16.5. The molecule has 4 aromatic rings. The van der Waals surface area contributed by atoms with Crippen molar-refractivity contribution in [3.8, 4) is 22.6 Å². The number of fused-ring (bicyclic) bond motifs is 1. The minimum absolute atomic E-state index is 0.0475. The lowest BCUT2D eigenvalue weighted by Gasteiger charge is -2.19. The first kappa shape index (κ1) is 21.6. The van der Waals surface area contributed by atoms with Crippen molar-refractivity contribution in [3.63, 3.8) is 0 Å². The Balaban J connectivity index is 1.70. The lowest BCUT2D eigenvalue weighted by atomic mass is 9.96. The molecule has 0 aliphatic carbocycles. The third-order valence-corrected chi connectivity index (χ3v) is 5.75. The van der Waals surface area contributed by atoms with Gasteiger partial charge in [-0.2, -0.15) is 0 Å². The van der Waals surface area contributed by atoms with E-state index in [9.17, 15) is 0 Å². The van der Waals surface area contributed by atoms with Gasteiger partial charge in [0.2, 0.25) is 0 Å². The second kappa shape index (κ2) is 8.87. The molecule has 5 nitrogen and oxygen atoms in total. The van der Waals surface area contributed by atoms with Crippen LogP contribution in [0.5, 0.6) is 11.5 Å². The van der Waals surface area contributed by atoms with Gasteiger partial charge in [0.15, 0.2) is 11.5 Å². The van der Waals surface area contributed by atoms with E-state index >= 15 is 0 Å². The summed E-state index contributed by atoms with van der Waals surface area (Å²) in [5, 5.41) is 4.48. The number of aryl methyl sites for hydroxylation is 3. The maximum Gasteiger partial charge on any atom is 0.162 e. The monoisotopic (exact) mass is 427 g/mol. The minimum Gasteiger partial charge on any atom is -0.493 e. The topological polar surface area (TPSA) is 56.3 Å². The van der Waals surface area contributed by atoms with Gasteiger partial charge in [0.05, 0.1) is 19.7 Å². The number of rotatable bonds is 6. The minimum atomic E-state index is 0.0475. The van der Waals surface area contributed by atoms with Crippen LogP contribution in [0.1, 0.15) is 35.5 Å². The van der Waals surface area contributed by atoms with Crippen LogP contribution in [0.4, 0.5) is 5.82 Å². The Hall–Kier alpha value is -3.60. The molecule has 5 heteroatoms. The number of nitrogens with zero attached hydrogens (tertiary/aromatic N) is 2. The van der Waals surface area contributed by atoms with Gasteiger partial charge in [-0.25, -0.2) is 9.97 Å². The summed E-state index contributed by atoms with van der Waals surface area (Å²) < 4.78 is 10.9. The van der Waals surface area contributed by atoms with E-state index in [0.29, 0.717) is 17.3 Å². The van der Waals surface area contributed by atoms with E-state index in [1.54, 1.807) is 14.2 Å². The van der Waals surface area contributed by atoms with E-state index < -0.39 is 0 Å². The van der Waals surface area contributed by atoms with E-state index in [4.69, 9.17) is 9.47 Å². The second-order valence-corrected chi connectivity index (χ2v) is 8.15. The molecule has 164 valence electrons. The normalized spacial score (nSPS) is 11.9. The van der Waals surface area contributed by atoms with Gasteiger partial charge >= 0.3 is 0 Å². The molecule has 1 aromatic heterocycles. The average molecular weight is 428 g/mol. The molecule has 1 heterocycles. The number of hydrogen-bond donors (Lipinski definition) is 1. The fraction of sp³-hybridized carbons (Fsp3) is 0.259. The zero-order valence-electron chi connectivity index (χ0n) is 19.5. The summed E-state index contributed by atoms with van der Waals surface area (Å²) in [7, 11) is 3.26. The van der Waals surface area contributed by atoms with Crippen molar-refractivity contribution in [2.75, 3.05) is 19.5 Å². The van der Waals surface area contributed by atoms with Crippen LogP contribution in [0.3, 0.4) is 0 Å². The summed E-state index contributed by atoms with van der Waals surface area (Å²) in [6.07, 6.45) is 0. The summed E-state index contributed by atoms with van der Waals surface area (Å²) in [6, 6.07) is 19.1. The van der Waals surface area contributed by atoms with Crippen molar-refractivity contribution < 1.29 is 9.47 Å². The van der Waals surface area contributed by atoms with Crippen molar-refractivity contribution in [2.24, 2.45) is 0 Å².